The normalized spacial score (nSPS) is 12.5. The molecule has 2 aromatic carbocycles. The van der Waals surface area contributed by atoms with E-state index in [9.17, 15) is 4.39 Å². The number of halogens is 1. The lowest BCUT2D eigenvalue weighted by Gasteiger charge is -2.19. The van der Waals surface area contributed by atoms with E-state index in [1.54, 1.807) is 18.3 Å². The molecule has 0 saturated carbocycles. The Labute approximate surface area is 123 Å². The number of pyridine rings is 1. The van der Waals surface area contributed by atoms with E-state index in [4.69, 9.17) is 0 Å². The minimum Gasteiger partial charge on any atom is -0.313 e. The van der Waals surface area contributed by atoms with E-state index in [1.807, 2.05) is 31.4 Å². The van der Waals surface area contributed by atoms with Crippen molar-refractivity contribution in [2.45, 2.75) is 12.5 Å². The molecule has 3 aromatic rings. The zero-order valence-electron chi connectivity index (χ0n) is 11.9. The number of likely N-dealkylation sites (N-methyl/N-ethyl adjacent to an activating group) is 1. The van der Waals surface area contributed by atoms with Gasteiger partial charge in [0.2, 0.25) is 0 Å². The summed E-state index contributed by atoms with van der Waals surface area (Å²) < 4.78 is 13.3. The molecule has 3 rings (SSSR count). The first-order chi connectivity index (χ1) is 10.3. The topological polar surface area (TPSA) is 24.9 Å². The van der Waals surface area contributed by atoms with E-state index in [2.05, 4.69) is 22.4 Å². The van der Waals surface area contributed by atoms with Gasteiger partial charge >= 0.3 is 0 Å². The summed E-state index contributed by atoms with van der Waals surface area (Å²) in [4.78, 5) is 4.16. The van der Waals surface area contributed by atoms with Gasteiger partial charge in [-0.25, -0.2) is 4.39 Å². The standard InChI is InChI=1S/C18H17FN2/c1-20-18(11-13-4-2-6-15(19)10-13)17-7-3-5-14-12-21-9-8-16(14)17/h2-10,12,18,20H,11H2,1H3. The summed E-state index contributed by atoms with van der Waals surface area (Å²) in [7, 11) is 1.93. The average Bonchev–Trinajstić information content (AvgIpc) is 2.52. The van der Waals surface area contributed by atoms with E-state index in [1.165, 1.54) is 17.0 Å². The number of fused-ring (bicyclic) bond motifs is 1. The van der Waals surface area contributed by atoms with E-state index in [-0.39, 0.29) is 11.9 Å². The third-order valence-corrected chi connectivity index (χ3v) is 3.77. The van der Waals surface area contributed by atoms with E-state index < -0.39 is 0 Å². The van der Waals surface area contributed by atoms with Crippen molar-refractivity contribution in [1.82, 2.24) is 10.3 Å². The summed E-state index contributed by atoms with van der Waals surface area (Å²) in [5.41, 5.74) is 2.20. The lowest BCUT2D eigenvalue weighted by molar-refractivity contribution is 0.587. The van der Waals surface area contributed by atoms with Crippen molar-refractivity contribution in [1.29, 1.82) is 0 Å². The molecular weight excluding hydrogens is 263 g/mol. The smallest absolute Gasteiger partial charge is 0.123 e. The van der Waals surface area contributed by atoms with Crippen LogP contribution in [0.1, 0.15) is 17.2 Å². The van der Waals surface area contributed by atoms with Crippen LogP contribution in [0.25, 0.3) is 10.8 Å². The van der Waals surface area contributed by atoms with Crippen molar-refractivity contribution < 1.29 is 4.39 Å². The van der Waals surface area contributed by atoms with Gasteiger partial charge in [0.05, 0.1) is 0 Å². The van der Waals surface area contributed by atoms with E-state index >= 15 is 0 Å². The number of nitrogens with one attached hydrogen (secondary N) is 1. The predicted octanol–water partition coefficient (Wildman–Crippen LogP) is 3.88. The van der Waals surface area contributed by atoms with Gasteiger partial charge in [0.15, 0.2) is 0 Å². The molecule has 1 atom stereocenters. The highest BCUT2D eigenvalue weighted by molar-refractivity contribution is 5.85. The van der Waals surface area contributed by atoms with Crippen LogP contribution < -0.4 is 5.32 Å². The van der Waals surface area contributed by atoms with Crippen molar-refractivity contribution in [2.24, 2.45) is 0 Å². The molecule has 0 fully saturated rings. The molecule has 2 nitrogen and oxygen atoms in total. The second-order valence-electron chi connectivity index (χ2n) is 5.12. The predicted molar refractivity (Wildman–Crippen MR) is 83.6 cm³/mol. The van der Waals surface area contributed by atoms with Crippen LogP contribution in [0.4, 0.5) is 4.39 Å². The minimum absolute atomic E-state index is 0.137. The minimum atomic E-state index is -0.190. The summed E-state index contributed by atoms with van der Waals surface area (Å²) in [5.74, 6) is -0.190. The van der Waals surface area contributed by atoms with Crippen LogP contribution in [0, 0.1) is 5.82 Å². The molecule has 1 unspecified atom stereocenters. The summed E-state index contributed by atoms with van der Waals surface area (Å²) in [5, 5.41) is 5.64. The molecule has 0 radical (unpaired) electrons. The highest BCUT2D eigenvalue weighted by atomic mass is 19.1. The van der Waals surface area contributed by atoms with Crippen molar-refractivity contribution in [3.05, 3.63) is 77.9 Å². The average molecular weight is 280 g/mol. The van der Waals surface area contributed by atoms with Gasteiger partial charge in [-0.05, 0) is 48.2 Å². The van der Waals surface area contributed by atoms with Crippen LogP contribution in [-0.2, 0) is 6.42 Å². The lowest BCUT2D eigenvalue weighted by Crippen LogP contribution is -2.19. The Morgan fingerprint density at radius 2 is 2.00 bits per heavy atom. The molecule has 1 heterocycles. The van der Waals surface area contributed by atoms with Crippen molar-refractivity contribution in [2.75, 3.05) is 7.05 Å². The number of hydrogen-bond acceptors (Lipinski definition) is 2. The van der Waals surface area contributed by atoms with Gasteiger partial charge in [-0.2, -0.15) is 0 Å². The third-order valence-electron chi connectivity index (χ3n) is 3.77. The number of nitrogens with zero attached hydrogens (tertiary/aromatic N) is 1. The lowest BCUT2D eigenvalue weighted by atomic mass is 9.95. The summed E-state index contributed by atoms with van der Waals surface area (Å²) >= 11 is 0. The molecule has 1 aromatic heterocycles. The van der Waals surface area contributed by atoms with E-state index in [0.717, 1.165) is 17.4 Å². The Bertz CT molecular complexity index is 750. The highest BCUT2D eigenvalue weighted by Crippen LogP contribution is 2.26. The van der Waals surface area contributed by atoms with E-state index in [0.29, 0.717) is 0 Å². The van der Waals surface area contributed by atoms with Crippen LogP contribution in [0.2, 0.25) is 0 Å². The molecule has 0 bridgehead atoms. The van der Waals surface area contributed by atoms with Crippen LogP contribution in [0.3, 0.4) is 0 Å². The van der Waals surface area contributed by atoms with Gasteiger partial charge < -0.3 is 5.32 Å². The molecule has 1 N–H and O–H groups in total. The number of hydrogen-bond donors (Lipinski definition) is 1. The first-order valence-electron chi connectivity index (χ1n) is 7.02. The summed E-state index contributed by atoms with van der Waals surface area (Å²) in [6, 6.07) is 15.2. The molecule has 0 aliphatic rings. The molecule has 106 valence electrons. The summed E-state index contributed by atoms with van der Waals surface area (Å²) in [6.45, 7) is 0. The number of rotatable bonds is 4. The first-order valence-corrected chi connectivity index (χ1v) is 7.02. The van der Waals surface area contributed by atoms with Crippen molar-refractivity contribution in [3.8, 4) is 0 Å². The molecule has 0 aliphatic heterocycles. The van der Waals surface area contributed by atoms with Gasteiger partial charge in [0.25, 0.3) is 0 Å². The maximum Gasteiger partial charge on any atom is 0.123 e. The molecule has 0 spiro atoms. The second-order valence-corrected chi connectivity index (χ2v) is 5.12. The largest absolute Gasteiger partial charge is 0.313 e. The molecule has 21 heavy (non-hydrogen) atoms. The van der Waals surface area contributed by atoms with Gasteiger partial charge in [0.1, 0.15) is 5.82 Å². The van der Waals surface area contributed by atoms with Crippen molar-refractivity contribution in [3.63, 3.8) is 0 Å². The van der Waals surface area contributed by atoms with Crippen molar-refractivity contribution >= 4 is 10.8 Å². The maximum atomic E-state index is 13.3. The first kappa shape index (κ1) is 13.7. The van der Waals surface area contributed by atoms with Crippen LogP contribution >= 0.6 is 0 Å². The second kappa shape index (κ2) is 6.02. The Hall–Kier alpha value is -2.26. The quantitative estimate of drug-likeness (QED) is 0.784. The van der Waals surface area contributed by atoms with Gasteiger partial charge in [-0.15, -0.1) is 0 Å². The zero-order chi connectivity index (χ0) is 14.7. The fourth-order valence-corrected chi connectivity index (χ4v) is 2.72. The van der Waals surface area contributed by atoms with Crippen LogP contribution in [0.5, 0.6) is 0 Å². The molecule has 0 saturated heterocycles. The molecule has 0 amide bonds. The van der Waals surface area contributed by atoms with Crippen LogP contribution in [-0.4, -0.2) is 12.0 Å². The fourth-order valence-electron chi connectivity index (χ4n) is 2.72. The Morgan fingerprint density at radius 3 is 2.81 bits per heavy atom. The summed E-state index contributed by atoms with van der Waals surface area (Å²) in [6.07, 6.45) is 4.42. The van der Waals surface area contributed by atoms with Gasteiger partial charge in [-0.3, -0.25) is 4.98 Å². The third kappa shape index (κ3) is 2.93. The van der Waals surface area contributed by atoms with Gasteiger partial charge in [-0.1, -0.05) is 30.3 Å². The molecule has 3 heteroatoms. The zero-order valence-corrected chi connectivity index (χ0v) is 11.9. The molecule has 0 aliphatic carbocycles. The van der Waals surface area contributed by atoms with Gasteiger partial charge in [0, 0.05) is 23.8 Å². The Balaban J connectivity index is 1.98. The SMILES string of the molecule is CNC(Cc1cccc(F)c1)c1cccc2cnccc12. The number of aromatic nitrogens is 1. The van der Waals surface area contributed by atoms with Crippen LogP contribution in [0.15, 0.2) is 60.9 Å². The molecular formula is C18H17FN2. The Morgan fingerprint density at radius 1 is 1.14 bits per heavy atom. The highest BCUT2D eigenvalue weighted by Gasteiger charge is 2.13. The fraction of sp³-hybridized carbons (Fsp3) is 0.167. The number of benzene rings is 2. The maximum absolute atomic E-state index is 13.3. The monoisotopic (exact) mass is 280 g/mol. The Kier molecular flexibility index (Phi) is 3.93.